The molecule has 0 unspecified atom stereocenters. The van der Waals surface area contributed by atoms with Gasteiger partial charge in [-0.3, -0.25) is 4.79 Å². The van der Waals surface area contributed by atoms with Gasteiger partial charge in [0.15, 0.2) is 11.5 Å². The van der Waals surface area contributed by atoms with Crippen LogP contribution in [0.4, 0.5) is 0 Å². The van der Waals surface area contributed by atoms with Crippen LogP contribution in [0.3, 0.4) is 0 Å². The minimum absolute atomic E-state index is 0.0524. The SMILES string of the molecule is COc1cc(C(=O)NC2(CO)CCC2)cc(OC)c1OC. The number of aliphatic hydroxyl groups is 1. The molecule has 6 heteroatoms. The van der Waals surface area contributed by atoms with Gasteiger partial charge in [-0.15, -0.1) is 0 Å². The summed E-state index contributed by atoms with van der Waals surface area (Å²) in [5.41, 5.74) is -0.0819. The highest BCUT2D eigenvalue weighted by molar-refractivity contribution is 5.96. The second-order valence-electron chi connectivity index (χ2n) is 5.16. The standard InChI is InChI=1S/C15H21NO5/c1-19-11-7-10(8-12(20-2)13(11)21-3)14(18)16-15(9-17)5-4-6-15/h7-8,17H,4-6,9H2,1-3H3,(H,16,18). The molecular weight excluding hydrogens is 274 g/mol. The lowest BCUT2D eigenvalue weighted by Gasteiger charge is -2.41. The molecule has 0 saturated heterocycles. The van der Waals surface area contributed by atoms with Crippen molar-refractivity contribution in [1.82, 2.24) is 5.32 Å². The molecule has 0 spiro atoms. The molecule has 0 aromatic heterocycles. The molecule has 0 heterocycles. The van der Waals surface area contributed by atoms with Gasteiger partial charge in [0.05, 0.1) is 33.5 Å². The number of nitrogens with one attached hydrogen (secondary N) is 1. The van der Waals surface area contributed by atoms with Gasteiger partial charge in [-0.25, -0.2) is 0 Å². The maximum atomic E-state index is 12.4. The second-order valence-corrected chi connectivity index (χ2v) is 5.16. The van der Waals surface area contributed by atoms with Crippen LogP contribution in [0, 0.1) is 0 Å². The van der Waals surface area contributed by atoms with Gasteiger partial charge in [-0.2, -0.15) is 0 Å². The highest BCUT2D eigenvalue weighted by Crippen LogP contribution is 2.38. The van der Waals surface area contributed by atoms with Gasteiger partial charge in [-0.05, 0) is 31.4 Å². The van der Waals surface area contributed by atoms with Crippen molar-refractivity contribution < 1.29 is 24.1 Å². The number of aliphatic hydroxyl groups excluding tert-OH is 1. The number of methoxy groups -OCH3 is 3. The average molecular weight is 295 g/mol. The fourth-order valence-electron chi connectivity index (χ4n) is 2.45. The molecule has 1 aromatic rings. The van der Waals surface area contributed by atoms with Crippen LogP contribution in [-0.4, -0.2) is 44.5 Å². The van der Waals surface area contributed by atoms with Gasteiger partial charge in [0.1, 0.15) is 0 Å². The summed E-state index contributed by atoms with van der Waals surface area (Å²) in [6.45, 7) is -0.0524. The Labute approximate surface area is 124 Å². The Morgan fingerprint density at radius 2 is 1.76 bits per heavy atom. The van der Waals surface area contributed by atoms with Crippen molar-refractivity contribution in [2.24, 2.45) is 0 Å². The van der Waals surface area contributed by atoms with E-state index >= 15 is 0 Å². The molecule has 1 aromatic carbocycles. The quantitative estimate of drug-likeness (QED) is 0.828. The number of amides is 1. The van der Waals surface area contributed by atoms with Crippen molar-refractivity contribution in [3.63, 3.8) is 0 Å². The Hall–Kier alpha value is -1.95. The number of ether oxygens (including phenoxy) is 3. The summed E-state index contributed by atoms with van der Waals surface area (Å²) in [7, 11) is 4.51. The van der Waals surface area contributed by atoms with Crippen molar-refractivity contribution in [1.29, 1.82) is 0 Å². The normalized spacial score (nSPS) is 15.8. The number of rotatable bonds is 6. The third-order valence-corrected chi connectivity index (χ3v) is 3.92. The molecule has 1 amide bonds. The first kappa shape index (κ1) is 15.4. The zero-order valence-electron chi connectivity index (χ0n) is 12.6. The Balaban J connectivity index is 2.28. The first-order chi connectivity index (χ1) is 10.1. The topological polar surface area (TPSA) is 77.0 Å². The van der Waals surface area contributed by atoms with Gasteiger partial charge in [0.2, 0.25) is 5.75 Å². The summed E-state index contributed by atoms with van der Waals surface area (Å²) in [5.74, 6) is 1.03. The first-order valence-electron chi connectivity index (χ1n) is 6.82. The van der Waals surface area contributed by atoms with E-state index in [4.69, 9.17) is 14.2 Å². The van der Waals surface area contributed by atoms with Crippen molar-refractivity contribution >= 4 is 5.91 Å². The Morgan fingerprint density at radius 1 is 1.19 bits per heavy atom. The van der Waals surface area contributed by atoms with Crippen molar-refractivity contribution in [3.05, 3.63) is 17.7 Å². The molecule has 1 aliphatic rings. The Morgan fingerprint density at radius 3 is 2.10 bits per heavy atom. The molecule has 21 heavy (non-hydrogen) atoms. The molecular formula is C15H21NO5. The van der Waals surface area contributed by atoms with Crippen LogP contribution in [0.25, 0.3) is 0 Å². The molecule has 1 saturated carbocycles. The maximum Gasteiger partial charge on any atom is 0.252 e. The fraction of sp³-hybridized carbons (Fsp3) is 0.533. The van der Waals surface area contributed by atoms with Gasteiger partial charge in [0, 0.05) is 5.56 Å². The van der Waals surface area contributed by atoms with E-state index in [1.165, 1.54) is 21.3 Å². The summed E-state index contributed by atoms with van der Waals surface area (Å²) in [6.07, 6.45) is 2.59. The number of hydrogen-bond acceptors (Lipinski definition) is 5. The molecule has 0 bridgehead atoms. The van der Waals surface area contributed by atoms with Gasteiger partial charge in [-0.1, -0.05) is 0 Å². The molecule has 0 radical (unpaired) electrons. The van der Waals surface area contributed by atoms with Crippen LogP contribution in [0.2, 0.25) is 0 Å². The highest BCUT2D eigenvalue weighted by Gasteiger charge is 2.38. The van der Waals surface area contributed by atoms with Crippen LogP contribution < -0.4 is 19.5 Å². The minimum atomic E-state index is -0.489. The van der Waals surface area contributed by atoms with Gasteiger partial charge in [0.25, 0.3) is 5.91 Å². The van der Waals surface area contributed by atoms with Crippen LogP contribution in [0.15, 0.2) is 12.1 Å². The average Bonchev–Trinajstić information content (AvgIpc) is 2.48. The van der Waals surface area contributed by atoms with E-state index in [9.17, 15) is 9.90 Å². The van der Waals surface area contributed by atoms with Gasteiger partial charge < -0.3 is 24.6 Å². The summed E-state index contributed by atoms with van der Waals surface area (Å²) < 4.78 is 15.7. The predicted octanol–water partition coefficient (Wildman–Crippen LogP) is 1.36. The smallest absolute Gasteiger partial charge is 0.252 e. The number of hydrogen-bond donors (Lipinski definition) is 2. The summed E-state index contributed by atoms with van der Waals surface area (Å²) >= 11 is 0. The fourth-order valence-corrected chi connectivity index (χ4v) is 2.45. The zero-order valence-corrected chi connectivity index (χ0v) is 12.6. The van der Waals surface area contributed by atoms with E-state index < -0.39 is 5.54 Å². The van der Waals surface area contributed by atoms with E-state index in [2.05, 4.69) is 5.32 Å². The van der Waals surface area contributed by atoms with Crippen LogP contribution in [0.5, 0.6) is 17.2 Å². The first-order valence-corrected chi connectivity index (χ1v) is 6.82. The lowest BCUT2D eigenvalue weighted by Crippen LogP contribution is -2.56. The second kappa shape index (κ2) is 6.22. The van der Waals surface area contributed by atoms with Crippen molar-refractivity contribution in [3.8, 4) is 17.2 Å². The predicted molar refractivity (Wildman–Crippen MR) is 77.2 cm³/mol. The molecule has 1 aliphatic carbocycles. The molecule has 2 N–H and O–H groups in total. The lowest BCUT2D eigenvalue weighted by molar-refractivity contribution is 0.0641. The Bertz CT molecular complexity index is 494. The van der Waals surface area contributed by atoms with Gasteiger partial charge >= 0.3 is 0 Å². The van der Waals surface area contributed by atoms with E-state index in [1.54, 1.807) is 12.1 Å². The lowest BCUT2D eigenvalue weighted by atomic mass is 9.77. The number of carbonyl (C=O) groups is 1. The van der Waals surface area contributed by atoms with E-state index in [-0.39, 0.29) is 12.5 Å². The van der Waals surface area contributed by atoms with E-state index in [0.29, 0.717) is 22.8 Å². The molecule has 0 atom stereocenters. The largest absolute Gasteiger partial charge is 0.493 e. The van der Waals surface area contributed by atoms with E-state index in [0.717, 1.165) is 19.3 Å². The number of carbonyl (C=O) groups excluding carboxylic acids is 1. The van der Waals surface area contributed by atoms with E-state index in [1.807, 2.05) is 0 Å². The Kier molecular flexibility index (Phi) is 4.57. The van der Waals surface area contributed by atoms with Crippen LogP contribution >= 0.6 is 0 Å². The third-order valence-electron chi connectivity index (χ3n) is 3.92. The summed E-state index contributed by atoms with van der Waals surface area (Å²) in [4.78, 5) is 12.4. The monoisotopic (exact) mass is 295 g/mol. The molecule has 116 valence electrons. The van der Waals surface area contributed by atoms with Crippen LogP contribution in [0.1, 0.15) is 29.6 Å². The molecule has 2 rings (SSSR count). The van der Waals surface area contributed by atoms with Crippen LogP contribution in [-0.2, 0) is 0 Å². The van der Waals surface area contributed by atoms with Crippen molar-refractivity contribution in [2.45, 2.75) is 24.8 Å². The molecule has 6 nitrogen and oxygen atoms in total. The highest BCUT2D eigenvalue weighted by atomic mass is 16.5. The number of benzene rings is 1. The third kappa shape index (κ3) is 2.90. The maximum absolute atomic E-state index is 12.4. The van der Waals surface area contributed by atoms with Crippen molar-refractivity contribution in [2.75, 3.05) is 27.9 Å². The molecule has 0 aliphatic heterocycles. The zero-order chi connectivity index (χ0) is 15.5. The summed E-state index contributed by atoms with van der Waals surface area (Å²) in [6, 6.07) is 3.20. The molecule has 1 fully saturated rings. The minimum Gasteiger partial charge on any atom is -0.493 e. The summed E-state index contributed by atoms with van der Waals surface area (Å²) in [5, 5.41) is 12.3.